The van der Waals surface area contributed by atoms with Crippen LogP contribution in [0.25, 0.3) is 0 Å². The SMILES string of the molecule is CCc1ccc(NC(=O)CN(C(C)=O)c2ccccc2C#N)cc1. The largest absolute Gasteiger partial charge is 0.325 e. The number of benzene rings is 2. The first-order chi connectivity index (χ1) is 11.5. The number of anilines is 2. The van der Waals surface area contributed by atoms with Crippen LogP contribution in [0.1, 0.15) is 25.0 Å². The maximum Gasteiger partial charge on any atom is 0.244 e. The lowest BCUT2D eigenvalue weighted by Crippen LogP contribution is -2.37. The fourth-order valence-corrected chi connectivity index (χ4v) is 2.34. The van der Waals surface area contributed by atoms with Crippen molar-refractivity contribution in [1.29, 1.82) is 5.26 Å². The summed E-state index contributed by atoms with van der Waals surface area (Å²) in [6.07, 6.45) is 0.928. The van der Waals surface area contributed by atoms with Crippen LogP contribution in [-0.2, 0) is 16.0 Å². The van der Waals surface area contributed by atoms with Gasteiger partial charge in [-0.1, -0.05) is 31.2 Å². The van der Waals surface area contributed by atoms with Crippen LogP contribution < -0.4 is 10.2 Å². The summed E-state index contributed by atoms with van der Waals surface area (Å²) in [5, 5.41) is 11.9. The summed E-state index contributed by atoms with van der Waals surface area (Å²) < 4.78 is 0. The Morgan fingerprint density at radius 3 is 2.38 bits per heavy atom. The van der Waals surface area contributed by atoms with E-state index in [-0.39, 0.29) is 18.4 Å². The molecule has 1 N–H and O–H groups in total. The van der Waals surface area contributed by atoms with Crippen LogP contribution in [0.15, 0.2) is 48.5 Å². The molecule has 0 saturated heterocycles. The lowest BCUT2D eigenvalue weighted by atomic mass is 10.1. The molecule has 24 heavy (non-hydrogen) atoms. The Morgan fingerprint density at radius 1 is 1.12 bits per heavy atom. The van der Waals surface area contributed by atoms with Gasteiger partial charge in [0.05, 0.1) is 11.3 Å². The molecule has 0 aliphatic heterocycles. The van der Waals surface area contributed by atoms with Crippen LogP contribution in [0.2, 0.25) is 0 Å². The van der Waals surface area contributed by atoms with Crippen LogP contribution in [0, 0.1) is 11.3 Å². The molecular formula is C19H19N3O2. The summed E-state index contributed by atoms with van der Waals surface area (Å²) >= 11 is 0. The number of carbonyl (C=O) groups excluding carboxylic acids is 2. The quantitative estimate of drug-likeness (QED) is 0.919. The molecule has 2 aromatic carbocycles. The molecular weight excluding hydrogens is 302 g/mol. The van der Waals surface area contributed by atoms with Gasteiger partial charge in [0.2, 0.25) is 11.8 Å². The van der Waals surface area contributed by atoms with Gasteiger partial charge in [-0.25, -0.2) is 0 Å². The highest BCUT2D eigenvalue weighted by Gasteiger charge is 2.18. The second-order valence-corrected chi connectivity index (χ2v) is 5.33. The molecule has 0 aliphatic rings. The molecule has 0 saturated carbocycles. The third kappa shape index (κ3) is 4.20. The molecule has 0 aromatic heterocycles. The van der Waals surface area contributed by atoms with Crippen molar-refractivity contribution in [2.75, 3.05) is 16.8 Å². The number of nitrogens with one attached hydrogen (secondary N) is 1. The smallest absolute Gasteiger partial charge is 0.244 e. The van der Waals surface area contributed by atoms with E-state index >= 15 is 0 Å². The van der Waals surface area contributed by atoms with Gasteiger partial charge in [-0.05, 0) is 36.2 Å². The molecule has 2 rings (SSSR count). The predicted octanol–water partition coefficient (Wildman–Crippen LogP) is 3.11. The summed E-state index contributed by atoms with van der Waals surface area (Å²) in [4.78, 5) is 25.5. The van der Waals surface area contributed by atoms with Gasteiger partial charge in [0.15, 0.2) is 0 Å². The zero-order chi connectivity index (χ0) is 17.5. The molecule has 122 valence electrons. The molecule has 2 amide bonds. The molecule has 5 heteroatoms. The van der Waals surface area contributed by atoms with Crippen LogP contribution in [0.4, 0.5) is 11.4 Å². The molecule has 2 aromatic rings. The van der Waals surface area contributed by atoms with E-state index in [9.17, 15) is 14.9 Å². The average Bonchev–Trinajstić information content (AvgIpc) is 2.60. The molecule has 0 spiro atoms. The number of hydrogen-bond donors (Lipinski definition) is 1. The first-order valence-corrected chi connectivity index (χ1v) is 7.71. The Hall–Kier alpha value is -3.13. The number of amides is 2. The van der Waals surface area contributed by atoms with E-state index in [4.69, 9.17) is 0 Å². The molecule has 0 bridgehead atoms. The van der Waals surface area contributed by atoms with Crippen molar-refractivity contribution in [3.63, 3.8) is 0 Å². The minimum absolute atomic E-state index is 0.149. The van der Waals surface area contributed by atoms with E-state index in [0.717, 1.165) is 6.42 Å². The first kappa shape index (κ1) is 17.2. The van der Waals surface area contributed by atoms with Gasteiger partial charge >= 0.3 is 0 Å². The van der Waals surface area contributed by atoms with Gasteiger partial charge in [-0.3, -0.25) is 9.59 Å². The zero-order valence-corrected chi connectivity index (χ0v) is 13.7. The number of nitrogens with zero attached hydrogens (tertiary/aromatic N) is 2. The van der Waals surface area contributed by atoms with Crippen LogP contribution in [0.3, 0.4) is 0 Å². The van der Waals surface area contributed by atoms with Crippen LogP contribution in [0.5, 0.6) is 0 Å². The molecule has 0 atom stereocenters. The molecule has 0 unspecified atom stereocenters. The third-order valence-electron chi connectivity index (χ3n) is 3.64. The van der Waals surface area contributed by atoms with Crippen molar-refractivity contribution < 1.29 is 9.59 Å². The molecule has 5 nitrogen and oxygen atoms in total. The summed E-state index contributed by atoms with van der Waals surface area (Å²) in [5.41, 5.74) is 2.65. The van der Waals surface area contributed by atoms with Gasteiger partial charge in [-0.15, -0.1) is 0 Å². The van der Waals surface area contributed by atoms with E-state index in [2.05, 4.69) is 12.2 Å². The first-order valence-electron chi connectivity index (χ1n) is 7.71. The number of nitriles is 1. The van der Waals surface area contributed by atoms with Crippen molar-refractivity contribution in [3.8, 4) is 6.07 Å². The van der Waals surface area contributed by atoms with Crippen molar-refractivity contribution in [3.05, 3.63) is 59.7 Å². The summed E-state index contributed by atoms with van der Waals surface area (Å²) in [5.74, 6) is -0.614. The Balaban J connectivity index is 2.14. The number of aryl methyl sites for hydroxylation is 1. The Bertz CT molecular complexity index is 776. The maximum atomic E-state index is 12.3. The molecule has 0 heterocycles. The highest BCUT2D eigenvalue weighted by molar-refractivity contribution is 6.02. The van der Waals surface area contributed by atoms with Gasteiger partial charge in [-0.2, -0.15) is 5.26 Å². The standard InChI is InChI=1S/C19H19N3O2/c1-3-15-8-10-17(11-9-15)21-19(24)13-22(14(2)23)18-7-5-4-6-16(18)12-20/h4-11H,3,13H2,1-2H3,(H,21,24). The molecule has 0 aliphatic carbocycles. The topological polar surface area (TPSA) is 73.2 Å². The number of para-hydroxylation sites is 1. The lowest BCUT2D eigenvalue weighted by Gasteiger charge is -2.21. The number of rotatable bonds is 5. The lowest BCUT2D eigenvalue weighted by molar-refractivity contribution is -0.120. The van der Waals surface area contributed by atoms with Crippen molar-refractivity contribution >= 4 is 23.2 Å². The highest BCUT2D eigenvalue weighted by Crippen LogP contribution is 2.20. The maximum absolute atomic E-state index is 12.3. The summed E-state index contributed by atoms with van der Waals surface area (Å²) in [6.45, 7) is 3.28. The second kappa shape index (κ2) is 7.93. The van der Waals surface area contributed by atoms with Crippen LogP contribution in [-0.4, -0.2) is 18.4 Å². The van der Waals surface area contributed by atoms with E-state index in [1.807, 2.05) is 30.3 Å². The number of carbonyl (C=O) groups is 2. The number of hydrogen-bond acceptors (Lipinski definition) is 3. The van der Waals surface area contributed by atoms with Crippen LogP contribution >= 0.6 is 0 Å². The zero-order valence-electron chi connectivity index (χ0n) is 13.7. The Morgan fingerprint density at radius 2 is 1.79 bits per heavy atom. The van der Waals surface area contributed by atoms with E-state index < -0.39 is 0 Å². The Labute approximate surface area is 141 Å². The highest BCUT2D eigenvalue weighted by atomic mass is 16.2. The third-order valence-corrected chi connectivity index (χ3v) is 3.64. The van der Waals surface area contributed by atoms with E-state index in [1.165, 1.54) is 17.4 Å². The van der Waals surface area contributed by atoms with Gasteiger partial charge in [0.25, 0.3) is 0 Å². The molecule has 0 radical (unpaired) electrons. The summed E-state index contributed by atoms with van der Waals surface area (Å²) in [6, 6.07) is 16.3. The van der Waals surface area contributed by atoms with Crippen molar-refractivity contribution in [2.45, 2.75) is 20.3 Å². The van der Waals surface area contributed by atoms with Crippen molar-refractivity contribution in [2.24, 2.45) is 0 Å². The minimum atomic E-state index is -0.317. The van der Waals surface area contributed by atoms with Crippen molar-refractivity contribution in [1.82, 2.24) is 0 Å². The van der Waals surface area contributed by atoms with E-state index in [1.54, 1.807) is 24.3 Å². The fraction of sp³-hybridized carbons (Fsp3) is 0.211. The fourth-order valence-electron chi connectivity index (χ4n) is 2.34. The average molecular weight is 321 g/mol. The second-order valence-electron chi connectivity index (χ2n) is 5.33. The van der Waals surface area contributed by atoms with Gasteiger partial charge < -0.3 is 10.2 Å². The summed E-state index contributed by atoms with van der Waals surface area (Å²) in [7, 11) is 0. The van der Waals surface area contributed by atoms with Gasteiger partial charge in [0.1, 0.15) is 12.6 Å². The van der Waals surface area contributed by atoms with E-state index in [0.29, 0.717) is 16.9 Å². The molecule has 0 fully saturated rings. The normalized spacial score (nSPS) is 9.88. The predicted molar refractivity (Wildman–Crippen MR) is 93.6 cm³/mol. The minimum Gasteiger partial charge on any atom is -0.325 e. The monoisotopic (exact) mass is 321 g/mol. The Kier molecular flexibility index (Phi) is 5.69. The van der Waals surface area contributed by atoms with Gasteiger partial charge in [0, 0.05) is 12.6 Å².